The van der Waals surface area contributed by atoms with Crippen LogP contribution in [0.3, 0.4) is 0 Å². The lowest BCUT2D eigenvalue weighted by Crippen LogP contribution is -2.81. The molecule has 0 aliphatic carbocycles. The average Bonchev–Trinajstić information content (AvgIpc) is 2.78. The number of piperazine rings is 1. The minimum Gasteiger partial charge on any atom is -0.378 e. The highest BCUT2D eigenvalue weighted by Gasteiger charge is 2.56. The molecule has 0 radical (unpaired) electrons. The first-order valence-electron chi connectivity index (χ1n) is 10.6. The minimum atomic E-state index is -0.350. The molecule has 1 unspecified atom stereocenters. The number of benzene rings is 2. The highest BCUT2D eigenvalue weighted by atomic mass is 35.5. The fourth-order valence-electron chi connectivity index (χ4n) is 4.95. The van der Waals surface area contributed by atoms with Gasteiger partial charge in [-0.2, -0.15) is 0 Å². The van der Waals surface area contributed by atoms with Gasteiger partial charge in [-0.1, -0.05) is 11.6 Å². The van der Waals surface area contributed by atoms with Crippen molar-refractivity contribution in [1.82, 2.24) is 14.7 Å². The molecule has 2 aromatic rings. The normalized spacial score (nSPS) is 22.2. The van der Waals surface area contributed by atoms with Crippen molar-refractivity contribution in [3.63, 3.8) is 0 Å². The van der Waals surface area contributed by atoms with Gasteiger partial charge in [-0.15, -0.1) is 0 Å². The van der Waals surface area contributed by atoms with Crippen molar-refractivity contribution in [3.8, 4) is 0 Å². The van der Waals surface area contributed by atoms with Gasteiger partial charge in [0.05, 0.1) is 24.8 Å². The minimum absolute atomic E-state index is 0.0412. The predicted molar refractivity (Wildman–Crippen MR) is 118 cm³/mol. The van der Waals surface area contributed by atoms with Crippen molar-refractivity contribution in [2.75, 3.05) is 51.3 Å². The molecule has 3 amide bonds. The van der Waals surface area contributed by atoms with Gasteiger partial charge in [0, 0.05) is 49.0 Å². The highest BCUT2D eigenvalue weighted by Crippen LogP contribution is 2.36. The number of halogens is 2. The van der Waals surface area contributed by atoms with E-state index in [2.05, 4.69) is 10.2 Å². The Morgan fingerprint density at radius 2 is 1.72 bits per heavy atom. The highest BCUT2D eigenvalue weighted by molar-refractivity contribution is 6.30. The summed E-state index contributed by atoms with van der Waals surface area (Å²) in [5, 5.41) is 3.40. The van der Waals surface area contributed by atoms with Crippen molar-refractivity contribution < 1.29 is 18.7 Å². The van der Waals surface area contributed by atoms with Gasteiger partial charge in [-0.05, 0) is 48.5 Å². The van der Waals surface area contributed by atoms with Gasteiger partial charge in [-0.25, -0.2) is 9.18 Å². The zero-order valence-corrected chi connectivity index (χ0v) is 18.2. The van der Waals surface area contributed by atoms with Crippen LogP contribution >= 0.6 is 11.6 Å². The molecule has 3 fully saturated rings. The second-order valence-electron chi connectivity index (χ2n) is 8.63. The van der Waals surface area contributed by atoms with Gasteiger partial charge in [0.1, 0.15) is 5.82 Å². The molecule has 3 aliphatic heterocycles. The maximum Gasteiger partial charge on any atom is 0.321 e. The quantitative estimate of drug-likeness (QED) is 0.751. The largest absolute Gasteiger partial charge is 0.378 e. The number of amides is 3. The van der Waals surface area contributed by atoms with Crippen molar-refractivity contribution in [1.29, 1.82) is 0 Å². The smallest absolute Gasteiger partial charge is 0.321 e. The van der Waals surface area contributed by atoms with E-state index in [0.717, 1.165) is 6.54 Å². The number of carbonyl (C=O) groups is 2. The molecule has 0 bridgehead atoms. The molecule has 2 aromatic carbocycles. The van der Waals surface area contributed by atoms with Crippen LogP contribution in [0.2, 0.25) is 5.02 Å². The van der Waals surface area contributed by atoms with E-state index in [1.165, 1.54) is 24.3 Å². The summed E-state index contributed by atoms with van der Waals surface area (Å²) < 4.78 is 18.8. The van der Waals surface area contributed by atoms with Gasteiger partial charge in [0.15, 0.2) is 0 Å². The van der Waals surface area contributed by atoms with Crippen LogP contribution in [0.15, 0.2) is 48.5 Å². The Kier molecular flexibility index (Phi) is 5.53. The molecular weight excluding hydrogens is 435 g/mol. The zero-order chi connectivity index (χ0) is 22.3. The Labute approximate surface area is 190 Å². The molecule has 3 saturated heterocycles. The lowest BCUT2D eigenvalue weighted by atomic mass is 9.82. The van der Waals surface area contributed by atoms with Crippen LogP contribution in [0.1, 0.15) is 10.4 Å². The molecule has 7 nitrogen and oxygen atoms in total. The van der Waals surface area contributed by atoms with Crippen molar-refractivity contribution in [3.05, 3.63) is 64.9 Å². The number of ether oxygens (including phenoxy) is 1. The third-order valence-corrected chi connectivity index (χ3v) is 6.74. The summed E-state index contributed by atoms with van der Waals surface area (Å²) in [4.78, 5) is 31.9. The number of carbonyl (C=O) groups excluding carboxylic acids is 2. The predicted octanol–water partition coefficient (Wildman–Crippen LogP) is 2.92. The number of hydrogen-bond acceptors (Lipinski definition) is 4. The first-order valence-corrected chi connectivity index (χ1v) is 11.0. The molecule has 1 atom stereocenters. The van der Waals surface area contributed by atoms with E-state index in [0.29, 0.717) is 55.7 Å². The Bertz CT molecular complexity index is 1010. The van der Waals surface area contributed by atoms with Gasteiger partial charge in [-0.3, -0.25) is 9.69 Å². The summed E-state index contributed by atoms with van der Waals surface area (Å²) in [5.74, 6) is -0.391. The van der Waals surface area contributed by atoms with Gasteiger partial charge < -0.3 is 19.9 Å². The molecule has 32 heavy (non-hydrogen) atoms. The maximum absolute atomic E-state index is 13.2. The maximum atomic E-state index is 13.2. The Morgan fingerprint density at radius 1 is 1.03 bits per heavy atom. The molecule has 1 spiro atoms. The Hall–Kier alpha value is -2.68. The van der Waals surface area contributed by atoms with Crippen LogP contribution in [-0.4, -0.2) is 84.2 Å². The number of nitrogens with zero attached hydrogens (tertiary/aromatic N) is 3. The lowest BCUT2D eigenvalue weighted by molar-refractivity contribution is -0.147. The SMILES string of the molecule is O=C(Nc1ccc(F)cc1)N1CC2(C1)CN(C(=O)c1ccc(Cl)cc1)CC1COCCN12. The van der Waals surface area contributed by atoms with Crippen LogP contribution in [-0.2, 0) is 4.74 Å². The number of morpholine rings is 1. The summed E-state index contributed by atoms with van der Waals surface area (Å²) in [6.07, 6.45) is 0. The molecule has 5 rings (SSSR count). The molecule has 0 aromatic heterocycles. The lowest BCUT2D eigenvalue weighted by Gasteiger charge is -2.63. The van der Waals surface area contributed by atoms with E-state index in [4.69, 9.17) is 16.3 Å². The number of hydrogen-bond donors (Lipinski definition) is 1. The summed E-state index contributed by atoms with van der Waals surface area (Å²) in [5.41, 5.74) is 0.847. The summed E-state index contributed by atoms with van der Waals surface area (Å²) >= 11 is 5.97. The average molecular weight is 459 g/mol. The Balaban J connectivity index is 1.30. The molecule has 168 valence electrons. The van der Waals surface area contributed by atoms with Crippen LogP contribution in [0.25, 0.3) is 0 Å². The fraction of sp³-hybridized carbons (Fsp3) is 0.391. The van der Waals surface area contributed by atoms with Gasteiger partial charge >= 0.3 is 6.03 Å². The van der Waals surface area contributed by atoms with E-state index in [9.17, 15) is 14.0 Å². The molecule has 3 aliphatic rings. The molecule has 1 N–H and O–H groups in total. The number of fused-ring (bicyclic) bond motifs is 2. The standard InChI is InChI=1S/C23H24ClFN4O3/c24-17-3-1-16(2-4-17)21(30)27-11-20-12-32-10-9-29(20)23(13-27)14-28(15-23)22(31)26-19-7-5-18(25)6-8-19/h1-8,20H,9-15H2,(H,26,31). The summed E-state index contributed by atoms with van der Waals surface area (Å²) in [6.45, 7) is 4.15. The molecule has 9 heteroatoms. The number of nitrogens with one attached hydrogen (secondary N) is 1. The summed E-state index contributed by atoms with van der Waals surface area (Å²) in [6, 6.07) is 12.5. The van der Waals surface area contributed by atoms with Crippen molar-refractivity contribution in [2.24, 2.45) is 0 Å². The topological polar surface area (TPSA) is 65.1 Å². The second kappa shape index (κ2) is 8.35. The van der Waals surface area contributed by atoms with Crippen LogP contribution in [0.5, 0.6) is 0 Å². The number of anilines is 1. The van der Waals surface area contributed by atoms with E-state index < -0.39 is 0 Å². The van der Waals surface area contributed by atoms with Gasteiger partial charge in [0.2, 0.25) is 0 Å². The van der Waals surface area contributed by atoms with E-state index in [1.807, 2.05) is 4.90 Å². The first kappa shape index (κ1) is 21.2. The van der Waals surface area contributed by atoms with E-state index in [-0.39, 0.29) is 29.3 Å². The number of urea groups is 1. The van der Waals surface area contributed by atoms with Crippen LogP contribution in [0, 0.1) is 5.82 Å². The number of rotatable bonds is 2. The third kappa shape index (κ3) is 3.94. The monoisotopic (exact) mass is 458 g/mol. The van der Waals surface area contributed by atoms with Crippen LogP contribution in [0.4, 0.5) is 14.9 Å². The molecule has 3 heterocycles. The van der Waals surface area contributed by atoms with E-state index >= 15 is 0 Å². The van der Waals surface area contributed by atoms with Gasteiger partial charge in [0.25, 0.3) is 5.91 Å². The van der Waals surface area contributed by atoms with Crippen molar-refractivity contribution in [2.45, 2.75) is 11.6 Å². The fourth-order valence-corrected chi connectivity index (χ4v) is 5.08. The van der Waals surface area contributed by atoms with E-state index in [1.54, 1.807) is 29.2 Å². The molecule has 0 saturated carbocycles. The first-order chi connectivity index (χ1) is 15.4. The number of likely N-dealkylation sites (tertiary alicyclic amines) is 1. The molecular formula is C23H24ClFN4O3. The summed E-state index contributed by atoms with van der Waals surface area (Å²) in [7, 11) is 0. The third-order valence-electron chi connectivity index (χ3n) is 6.48. The van der Waals surface area contributed by atoms with Crippen molar-refractivity contribution >= 4 is 29.2 Å². The zero-order valence-electron chi connectivity index (χ0n) is 17.5. The Morgan fingerprint density at radius 3 is 2.44 bits per heavy atom. The second-order valence-corrected chi connectivity index (χ2v) is 9.07. The van der Waals surface area contributed by atoms with Crippen LogP contribution < -0.4 is 5.32 Å².